The molecule has 2 aliphatic rings. The molecule has 0 aromatic heterocycles. The number of carbonyl (C=O) groups excluding carboxylic acids is 3. The Balaban J connectivity index is 1.51. The van der Waals surface area contributed by atoms with E-state index in [1.54, 1.807) is 35.2 Å². The monoisotopic (exact) mass is 674 g/mol. The van der Waals surface area contributed by atoms with Gasteiger partial charge < -0.3 is 14.4 Å². The average Bonchev–Trinajstić information content (AvgIpc) is 3.12. The topological polar surface area (TPSA) is 76.2 Å². The van der Waals surface area contributed by atoms with Crippen LogP contribution in [0.2, 0.25) is 10.0 Å². The van der Waals surface area contributed by atoms with Crippen molar-refractivity contribution in [2.45, 2.75) is 32.8 Å². The Hall–Kier alpha value is -1.95. The quantitative estimate of drug-likeness (QED) is 0.231. The number of amides is 3. The number of imide groups is 1. The van der Waals surface area contributed by atoms with E-state index in [-0.39, 0.29) is 24.0 Å². The van der Waals surface area contributed by atoms with Gasteiger partial charge in [0.15, 0.2) is 11.5 Å². The molecule has 37 heavy (non-hydrogen) atoms. The summed E-state index contributed by atoms with van der Waals surface area (Å²) < 4.78 is 12.6. The Labute approximate surface area is 243 Å². The molecule has 2 aromatic carbocycles. The summed E-state index contributed by atoms with van der Waals surface area (Å²) in [5.74, 6) is 0.390. The number of rotatable bonds is 8. The fourth-order valence-electron chi connectivity index (χ4n) is 4.03. The maximum atomic E-state index is 13.0. The molecule has 2 fully saturated rings. The highest BCUT2D eigenvalue weighted by Gasteiger charge is 2.37. The van der Waals surface area contributed by atoms with Crippen LogP contribution in [0.4, 0.5) is 4.79 Å². The molecule has 0 N–H and O–H groups in total. The number of ether oxygens (including phenoxy) is 2. The van der Waals surface area contributed by atoms with Crippen molar-refractivity contribution in [3.05, 3.63) is 60.0 Å². The van der Waals surface area contributed by atoms with Crippen LogP contribution in [-0.4, -0.2) is 53.1 Å². The van der Waals surface area contributed by atoms with Gasteiger partial charge in [-0.1, -0.05) is 29.3 Å². The number of piperidine rings is 1. The molecule has 3 amide bonds. The van der Waals surface area contributed by atoms with Crippen molar-refractivity contribution in [1.29, 1.82) is 0 Å². The second-order valence-corrected chi connectivity index (χ2v) is 11.5. The molecular formula is C26H25Cl2IN2O5S. The molecule has 0 atom stereocenters. The molecule has 0 unspecified atom stereocenters. The Morgan fingerprint density at radius 3 is 2.57 bits per heavy atom. The first-order valence-corrected chi connectivity index (χ1v) is 14.5. The Kier molecular flexibility index (Phi) is 9.66. The number of hydrogen-bond donors (Lipinski definition) is 0. The SMILES string of the molecule is CCOc1cc(/C=C2\SC(=O)N(CC(=O)N3CCCCC3)C2=O)cc(I)c1OCc1ccc(Cl)cc1Cl. The van der Waals surface area contributed by atoms with Gasteiger partial charge in [-0.15, -0.1) is 0 Å². The zero-order chi connectivity index (χ0) is 26.5. The number of halogens is 3. The number of benzene rings is 2. The molecule has 4 rings (SSSR count). The Morgan fingerprint density at radius 2 is 1.86 bits per heavy atom. The normalized spacial score (nSPS) is 17.0. The van der Waals surface area contributed by atoms with Crippen molar-refractivity contribution in [2.24, 2.45) is 0 Å². The second kappa shape index (κ2) is 12.7. The molecule has 0 aliphatic carbocycles. The molecule has 11 heteroatoms. The van der Waals surface area contributed by atoms with Crippen LogP contribution in [-0.2, 0) is 16.2 Å². The second-order valence-electron chi connectivity index (χ2n) is 8.50. The summed E-state index contributed by atoms with van der Waals surface area (Å²) >= 11 is 15.2. The lowest BCUT2D eigenvalue weighted by molar-refractivity contribution is -0.136. The minimum absolute atomic E-state index is 0.196. The van der Waals surface area contributed by atoms with Gasteiger partial charge in [0.25, 0.3) is 11.1 Å². The summed E-state index contributed by atoms with van der Waals surface area (Å²) in [7, 11) is 0. The van der Waals surface area contributed by atoms with Crippen molar-refractivity contribution < 1.29 is 23.9 Å². The van der Waals surface area contributed by atoms with Crippen molar-refractivity contribution in [2.75, 3.05) is 26.2 Å². The van der Waals surface area contributed by atoms with E-state index in [4.69, 9.17) is 32.7 Å². The number of carbonyl (C=O) groups is 3. The third-order valence-corrected chi connectivity index (χ3v) is 8.19. The third-order valence-electron chi connectivity index (χ3n) is 5.89. The number of nitrogens with zero attached hydrogens (tertiary/aromatic N) is 2. The predicted molar refractivity (Wildman–Crippen MR) is 154 cm³/mol. The van der Waals surface area contributed by atoms with Crippen LogP contribution in [0, 0.1) is 3.57 Å². The minimum atomic E-state index is -0.467. The van der Waals surface area contributed by atoms with Gasteiger partial charge in [-0.3, -0.25) is 19.3 Å². The van der Waals surface area contributed by atoms with Crippen LogP contribution in [0.15, 0.2) is 35.2 Å². The van der Waals surface area contributed by atoms with E-state index in [1.165, 1.54) is 0 Å². The Morgan fingerprint density at radius 1 is 1.11 bits per heavy atom. The van der Waals surface area contributed by atoms with Gasteiger partial charge in [0.2, 0.25) is 5.91 Å². The standard InChI is InChI=1S/C26H25Cl2IN2O5S/c1-2-35-21-11-16(10-20(29)24(21)36-15-17-6-7-18(27)13-19(17)28)12-22-25(33)31(26(34)37-22)14-23(32)30-8-4-3-5-9-30/h6-7,10-13H,2-5,8-9,14-15H2,1H3/b22-12-. The minimum Gasteiger partial charge on any atom is -0.490 e. The summed E-state index contributed by atoms with van der Waals surface area (Å²) in [5, 5.41) is 0.607. The van der Waals surface area contributed by atoms with Crippen LogP contribution in [0.3, 0.4) is 0 Å². The van der Waals surface area contributed by atoms with Gasteiger partial charge >= 0.3 is 0 Å². The van der Waals surface area contributed by atoms with Gasteiger partial charge in [0.05, 0.1) is 15.1 Å². The zero-order valence-corrected chi connectivity index (χ0v) is 24.6. The average molecular weight is 675 g/mol. The highest BCUT2D eigenvalue weighted by Crippen LogP contribution is 2.38. The summed E-state index contributed by atoms with van der Waals surface area (Å²) in [6.07, 6.45) is 4.62. The van der Waals surface area contributed by atoms with Gasteiger partial charge in [-0.2, -0.15) is 0 Å². The summed E-state index contributed by atoms with van der Waals surface area (Å²) in [4.78, 5) is 41.2. The zero-order valence-electron chi connectivity index (χ0n) is 20.1. The molecular weight excluding hydrogens is 650 g/mol. The number of hydrogen-bond acceptors (Lipinski definition) is 6. The van der Waals surface area contributed by atoms with Crippen molar-refractivity contribution >= 4 is 80.7 Å². The van der Waals surface area contributed by atoms with Gasteiger partial charge in [0, 0.05) is 28.7 Å². The molecule has 196 valence electrons. The van der Waals surface area contributed by atoms with Crippen LogP contribution >= 0.6 is 57.6 Å². The summed E-state index contributed by atoms with van der Waals surface area (Å²) in [6, 6.07) is 8.81. The fourth-order valence-corrected chi connectivity index (χ4v) is 6.11. The number of thioether (sulfide) groups is 1. The Bertz CT molecular complexity index is 1250. The number of likely N-dealkylation sites (tertiary alicyclic amines) is 1. The largest absolute Gasteiger partial charge is 0.490 e. The van der Waals surface area contributed by atoms with Gasteiger partial charge in [-0.25, -0.2) is 0 Å². The molecule has 2 heterocycles. The molecule has 0 radical (unpaired) electrons. The molecule has 0 bridgehead atoms. The first-order valence-electron chi connectivity index (χ1n) is 11.8. The van der Waals surface area contributed by atoms with E-state index in [0.717, 1.165) is 45.1 Å². The molecule has 2 aliphatic heterocycles. The van der Waals surface area contributed by atoms with E-state index in [2.05, 4.69) is 22.6 Å². The third kappa shape index (κ3) is 6.93. The molecule has 2 aromatic rings. The molecule has 7 nitrogen and oxygen atoms in total. The van der Waals surface area contributed by atoms with E-state index in [1.807, 2.05) is 13.0 Å². The molecule has 2 saturated heterocycles. The first-order chi connectivity index (χ1) is 17.8. The van der Waals surface area contributed by atoms with E-state index >= 15 is 0 Å². The van der Waals surface area contributed by atoms with Crippen molar-refractivity contribution in [3.63, 3.8) is 0 Å². The van der Waals surface area contributed by atoms with Crippen LogP contribution in [0.5, 0.6) is 11.5 Å². The summed E-state index contributed by atoms with van der Waals surface area (Å²) in [6.45, 7) is 3.60. The van der Waals surface area contributed by atoms with Crippen LogP contribution in [0.25, 0.3) is 6.08 Å². The van der Waals surface area contributed by atoms with E-state index in [0.29, 0.717) is 46.8 Å². The van der Waals surface area contributed by atoms with Crippen LogP contribution in [0.1, 0.15) is 37.3 Å². The lowest BCUT2D eigenvalue weighted by Crippen LogP contribution is -2.44. The highest BCUT2D eigenvalue weighted by molar-refractivity contribution is 14.1. The lowest BCUT2D eigenvalue weighted by atomic mass is 10.1. The predicted octanol–water partition coefficient (Wildman–Crippen LogP) is 6.62. The van der Waals surface area contributed by atoms with E-state index in [9.17, 15) is 14.4 Å². The first kappa shape index (κ1) is 28.1. The van der Waals surface area contributed by atoms with Gasteiger partial charge in [0.1, 0.15) is 13.2 Å². The smallest absolute Gasteiger partial charge is 0.294 e. The maximum Gasteiger partial charge on any atom is 0.294 e. The van der Waals surface area contributed by atoms with Crippen LogP contribution < -0.4 is 9.47 Å². The fraction of sp³-hybridized carbons (Fsp3) is 0.346. The maximum absolute atomic E-state index is 13.0. The summed E-state index contributed by atoms with van der Waals surface area (Å²) in [5.41, 5.74) is 1.46. The van der Waals surface area contributed by atoms with Gasteiger partial charge in [-0.05, 0) is 96.4 Å². The van der Waals surface area contributed by atoms with E-state index < -0.39 is 11.1 Å². The van der Waals surface area contributed by atoms with Crippen molar-refractivity contribution in [3.8, 4) is 11.5 Å². The lowest BCUT2D eigenvalue weighted by Gasteiger charge is -2.27. The van der Waals surface area contributed by atoms with Crippen molar-refractivity contribution in [1.82, 2.24) is 9.80 Å². The molecule has 0 saturated carbocycles. The highest BCUT2D eigenvalue weighted by atomic mass is 127. The molecule has 0 spiro atoms.